The third-order valence-corrected chi connectivity index (χ3v) is 3.82. The normalized spacial score (nSPS) is 11.0. The molecule has 0 spiro atoms. The van der Waals surface area contributed by atoms with Crippen LogP contribution < -0.4 is 0 Å². The van der Waals surface area contributed by atoms with Crippen molar-refractivity contribution in [2.45, 2.75) is 33.2 Å². The monoisotopic (exact) mass is 321 g/mol. The highest BCUT2D eigenvalue weighted by molar-refractivity contribution is 9.10. The molecule has 4 nitrogen and oxygen atoms in total. The highest BCUT2D eigenvalue weighted by Gasteiger charge is 2.14. The van der Waals surface area contributed by atoms with Crippen LogP contribution in [0.3, 0.4) is 0 Å². The van der Waals surface area contributed by atoms with Crippen LogP contribution in [0.2, 0.25) is 0 Å². The summed E-state index contributed by atoms with van der Waals surface area (Å²) in [5.74, 6) is 0.770. The average molecular weight is 322 g/mol. The van der Waals surface area contributed by atoms with Gasteiger partial charge in [0.05, 0.1) is 6.42 Å². The average Bonchev–Trinajstić information content (AvgIpc) is 2.80. The lowest BCUT2D eigenvalue weighted by Crippen LogP contribution is -2.13. The fourth-order valence-electron chi connectivity index (χ4n) is 1.90. The second-order valence-electron chi connectivity index (χ2n) is 4.78. The van der Waals surface area contributed by atoms with Crippen molar-refractivity contribution in [1.29, 1.82) is 0 Å². The number of aryl methyl sites for hydroxylation is 1. The third-order valence-electron chi connectivity index (χ3n) is 2.93. The van der Waals surface area contributed by atoms with E-state index in [1.165, 1.54) is 6.33 Å². The van der Waals surface area contributed by atoms with Crippen molar-refractivity contribution in [3.63, 3.8) is 0 Å². The highest BCUT2D eigenvalue weighted by Crippen LogP contribution is 2.18. The number of ketones is 1. The van der Waals surface area contributed by atoms with Gasteiger partial charge in [0.15, 0.2) is 5.78 Å². The molecule has 100 valence electrons. The molecule has 0 N–H and O–H groups in total. The number of aromatic nitrogens is 3. The van der Waals surface area contributed by atoms with Gasteiger partial charge in [0, 0.05) is 16.1 Å². The summed E-state index contributed by atoms with van der Waals surface area (Å²) in [6.45, 7) is 6.01. The van der Waals surface area contributed by atoms with E-state index in [0.717, 1.165) is 10.0 Å². The largest absolute Gasteiger partial charge is 0.294 e. The maximum atomic E-state index is 12.3. The number of rotatable bonds is 4. The van der Waals surface area contributed by atoms with Crippen LogP contribution in [0.25, 0.3) is 0 Å². The Morgan fingerprint density at radius 2 is 2.16 bits per heavy atom. The Labute approximate surface area is 121 Å². The lowest BCUT2D eigenvalue weighted by atomic mass is 10.1. The molecule has 0 aliphatic carbocycles. The van der Waals surface area contributed by atoms with E-state index in [9.17, 15) is 4.79 Å². The lowest BCUT2D eigenvalue weighted by molar-refractivity contribution is 0.0989. The number of hydrogen-bond donors (Lipinski definition) is 0. The van der Waals surface area contributed by atoms with Crippen molar-refractivity contribution in [2.75, 3.05) is 0 Å². The van der Waals surface area contributed by atoms with Crippen LogP contribution in [0.4, 0.5) is 0 Å². The zero-order valence-corrected chi connectivity index (χ0v) is 12.8. The van der Waals surface area contributed by atoms with Gasteiger partial charge in [-0.3, -0.25) is 4.79 Å². The Bertz CT molecular complexity index is 604. The van der Waals surface area contributed by atoms with Crippen LogP contribution in [-0.4, -0.2) is 20.5 Å². The van der Waals surface area contributed by atoms with Gasteiger partial charge >= 0.3 is 0 Å². The second-order valence-corrected chi connectivity index (χ2v) is 5.63. The lowest BCUT2D eigenvalue weighted by Gasteiger charge is -2.09. The quantitative estimate of drug-likeness (QED) is 0.811. The molecule has 5 heteroatoms. The first-order valence-corrected chi connectivity index (χ1v) is 6.96. The summed E-state index contributed by atoms with van der Waals surface area (Å²) in [5.41, 5.74) is 1.76. The van der Waals surface area contributed by atoms with E-state index >= 15 is 0 Å². The Balaban J connectivity index is 2.21. The molecule has 2 aromatic rings. The summed E-state index contributed by atoms with van der Waals surface area (Å²) in [6, 6.07) is 5.82. The van der Waals surface area contributed by atoms with Gasteiger partial charge in [0.1, 0.15) is 12.2 Å². The van der Waals surface area contributed by atoms with Gasteiger partial charge in [-0.2, -0.15) is 5.10 Å². The van der Waals surface area contributed by atoms with E-state index in [1.807, 2.05) is 39.0 Å². The van der Waals surface area contributed by atoms with Crippen LogP contribution in [0.1, 0.15) is 41.6 Å². The molecule has 0 unspecified atom stereocenters. The standard InChI is InChI=1S/C14H16BrN3O/c1-9(2)18-14(16-8-17-18)7-13(19)11-4-5-12(15)10(3)6-11/h4-6,8-9H,7H2,1-3H3. The molecule has 1 aromatic carbocycles. The number of Topliss-reactive ketones (excluding diaryl/α,β-unsaturated/α-hetero) is 1. The smallest absolute Gasteiger partial charge is 0.170 e. The molecule has 0 atom stereocenters. The van der Waals surface area contributed by atoms with Crippen LogP contribution in [0.15, 0.2) is 29.0 Å². The van der Waals surface area contributed by atoms with Gasteiger partial charge in [-0.1, -0.05) is 22.0 Å². The Morgan fingerprint density at radius 1 is 1.42 bits per heavy atom. The van der Waals surface area contributed by atoms with E-state index in [-0.39, 0.29) is 18.2 Å². The fraction of sp³-hybridized carbons (Fsp3) is 0.357. The summed E-state index contributed by atoms with van der Waals surface area (Å²) in [5, 5.41) is 4.14. The van der Waals surface area contributed by atoms with Gasteiger partial charge in [-0.05, 0) is 38.5 Å². The zero-order chi connectivity index (χ0) is 14.0. The summed E-state index contributed by atoms with van der Waals surface area (Å²) in [7, 11) is 0. The van der Waals surface area contributed by atoms with Crippen molar-refractivity contribution in [1.82, 2.24) is 14.8 Å². The zero-order valence-electron chi connectivity index (χ0n) is 11.2. The van der Waals surface area contributed by atoms with E-state index in [1.54, 1.807) is 4.68 Å². The number of benzene rings is 1. The van der Waals surface area contributed by atoms with Crippen LogP contribution in [0, 0.1) is 6.92 Å². The number of hydrogen-bond acceptors (Lipinski definition) is 3. The van der Waals surface area contributed by atoms with Gasteiger partial charge in [-0.15, -0.1) is 0 Å². The number of carbonyl (C=O) groups excluding carboxylic acids is 1. The van der Waals surface area contributed by atoms with E-state index < -0.39 is 0 Å². The molecule has 19 heavy (non-hydrogen) atoms. The minimum Gasteiger partial charge on any atom is -0.294 e. The molecule has 0 saturated carbocycles. The summed E-state index contributed by atoms with van der Waals surface area (Å²) in [6.07, 6.45) is 1.77. The van der Waals surface area contributed by atoms with E-state index in [2.05, 4.69) is 26.0 Å². The molecule has 0 radical (unpaired) electrons. The van der Waals surface area contributed by atoms with E-state index in [4.69, 9.17) is 0 Å². The first-order valence-electron chi connectivity index (χ1n) is 6.16. The molecule has 0 bridgehead atoms. The first kappa shape index (κ1) is 13.9. The molecule has 0 aliphatic heterocycles. The van der Waals surface area contributed by atoms with Crippen molar-refractivity contribution < 1.29 is 4.79 Å². The van der Waals surface area contributed by atoms with Gasteiger partial charge < -0.3 is 0 Å². The van der Waals surface area contributed by atoms with Crippen molar-refractivity contribution in [3.05, 3.63) is 46.0 Å². The summed E-state index contributed by atoms with van der Waals surface area (Å²) < 4.78 is 2.79. The van der Waals surface area contributed by atoms with Crippen LogP contribution in [-0.2, 0) is 6.42 Å². The molecule has 2 rings (SSSR count). The molecule has 1 aromatic heterocycles. The van der Waals surface area contributed by atoms with Gasteiger partial charge in [0.2, 0.25) is 0 Å². The maximum Gasteiger partial charge on any atom is 0.170 e. The minimum absolute atomic E-state index is 0.0606. The topological polar surface area (TPSA) is 47.8 Å². The second kappa shape index (κ2) is 5.65. The fourth-order valence-corrected chi connectivity index (χ4v) is 2.14. The number of carbonyl (C=O) groups is 1. The SMILES string of the molecule is Cc1cc(C(=O)Cc2ncnn2C(C)C)ccc1Br. The first-order chi connectivity index (χ1) is 8.99. The van der Waals surface area contributed by atoms with Gasteiger partial charge in [0.25, 0.3) is 0 Å². The molecule has 0 amide bonds. The van der Waals surface area contributed by atoms with Gasteiger partial charge in [-0.25, -0.2) is 9.67 Å². The Morgan fingerprint density at radius 3 is 2.79 bits per heavy atom. The number of nitrogens with zero attached hydrogens (tertiary/aromatic N) is 3. The molecular formula is C14H16BrN3O. The third kappa shape index (κ3) is 3.10. The predicted molar refractivity (Wildman–Crippen MR) is 77.3 cm³/mol. The van der Waals surface area contributed by atoms with Crippen molar-refractivity contribution in [3.8, 4) is 0 Å². The maximum absolute atomic E-state index is 12.3. The molecule has 1 heterocycles. The van der Waals surface area contributed by atoms with Crippen LogP contribution >= 0.6 is 15.9 Å². The van der Waals surface area contributed by atoms with E-state index in [0.29, 0.717) is 11.4 Å². The molecular weight excluding hydrogens is 306 g/mol. The number of halogens is 1. The predicted octanol–water partition coefficient (Wildman–Crippen LogP) is 3.36. The Hall–Kier alpha value is -1.49. The highest BCUT2D eigenvalue weighted by atomic mass is 79.9. The molecule has 0 saturated heterocycles. The molecule has 0 aliphatic rings. The van der Waals surface area contributed by atoms with Crippen LogP contribution in [0.5, 0.6) is 0 Å². The minimum atomic E-state index is 0.0606. The summed E-state index contributed by atoms with van der Waals surface area (Å²) >= 11 is 3.43. The molecule has 0 fully saturated rings. The Kier molecular flexibility index (Phi) is 4.14. The summed E-state index contributed by atoms with van der Waals surface area (Å²) in [4.78, 5) is 16.4. The van der Waals surface area contributed by atoms with Crippen molar-refractivity contribution in [2.24, 2.45) is 0 Å². The van der Waals surface area contributed by atoms with Crippen molar-refractivity contribution >= 4 is 21.7 Å².